The first kappa shape index (κ1) is 13.0. The van der Waals surface area contributed by atoms with E-state index >= 15 is 0 Å². The van der Waals surface area contributed by atoms with Crippen molar-refractivity contribution < 1.29 is 12.6 Å². The molecule has 0 saturated heterocycles. The Morgan fingerprint density at radius 3 is 2.13 bits per heavy atom. The van der Waals surface area contributed by atoms with Crippen LogP contribution in [0.25, 0.3) is 0 Å². The minimum Gasteiger partial charge on any atom is -0.267 e. The first-order chi connectivity index (χ1) is 6.70. The summed E-state index contributed by atoms with van der Waals surface area (Å²) < 4.78 is 27.5. The maximum absolute atomic E-state index is 11.1. The van der Waals surface area contributed by atoms with Gasteiger partial charge in [-0.2, -0.15) is 8.42 Å². The van der Waals surface area contributed by atoms with E-state index in [1.54, 1.807) is 0 Å². The van der Waals surface area contributed by atoms with E-state index in [9.17, 15) is 8.42 Å². The molecule has 0 aromatic rings. The predicted molar refractivity (Wildman–Crippen MR) is 61.1 cm³/mol. The Morgan fingerprint density at radius 2 is 1.67 bits per heavy atom. The molecule has 0 aliphatic heterocycles. The Morgan fingerprint density at radius 1 is 1.13 bits per heavy atom. The lowest BCUT2D eigenvalue weighted by molar-refractivity contribution is 0.0333. The highest BCUT2D eigenvalue weighted by atomic mass is 32.2. The molecule has 1 saturated carbocycles. The average Bonchev–Trinajstić information content (AvgIpc) is 1.99. The second kappa shape index (κ2) is 4.42. The van der Waals surface area contributed by atoms with Gasteiger partial charge in [0.25, 0.3) is 10.1 Å². The Bertz CT molecular complexity index is 300. The van der Waals surface area contributed by atoms with Crippen molar-refractivity contribution >= 4 is 10.1 Å². The molecule has 1 aliphatic rings. The molecule has 1 aliphatic carbocycles. The molecule has 0 N–H and O–H groups in total. The molecular formula is C11H22O3S. The van der Waals surface area contributed by atoms with Gasteiger partial charge in [-0.05, 0) is 24.2 Å². The van der Waals surface area contributed by atoms with Gasteiger partial charge in [0.15, 0.2) is 0 Å². The van der Waals surface area contributed by atoms with Gasteiger partial charge < -0.3 is 0 Å². The summed E-state index contributed by atoms with van der Waals surface area (Å²) in [6, 6.07) is 0. The van der Waals surface area contributed by atoms with E-state index in [4.69, 9.17) is 4.18 Å². The van der Waals surface area contributed by atoms with Crippen LogP contribution in [0.3, 0.4) is 0 Å². The zero-order valence-corrected chi connectivity index (χ0v) is 10.9. The summed E-state index contributed by atoms with van der Waals surface area (Å²) in [6.07, 6.45) is 5.23. The molecule has 90 valence electrons. The lowest BCUT2D eigenvalue weighted by Gasteiger charge is -2.39. The molecule has 0 heterocycles. The third-order valence-electron chi connectivity index (χ3n) is 3.11. The van der Waals surface area contributed by atoms with E-state index in [0.717, 1.165) is 25.5 Å². The van der Waals surface area contributed by atoms with Crippen molar-refractivity contribution in [2.24, 2.45) is 11.3 Å². The molecule has 1 fully saturated rings. The van der Waals surface area contributed by atoms with Crippen LogP contribution in [-0.2, 0) is 14.3 Å². The third-order valence-corrected chi connectivity index (χ3v) is 3.71. The van der Waals surface area contributed by atoms with E-state index < -0.39 is 10.1 Å². The summed E-state index contributed by atoms with van der Waals surface area (Å²) in [4.78, 5) is 0. The van der Waals surface area contributed by atoms with Crippen LogP contribution in [0, 0.1) is 11.3 Å². The summed E-state index contributed by atoms with van der Waals surface area (Å²) in [5.41, 5.74) is 0.121. The normalized spacial score (nSPS) is 29.1. The van der Waals surface area contributed by atoms with E-state index in [1.165, 1.54) is 6.42 Å². The van der Waals surface area contributed by atoms with E-state index in [0.29, 0.717) is 5.92 Å². The van der Waals surface area contributed by atoms with Crippen molar-refractivity contribution in [1.82, 2.24) is 0 Å². The van der Waals surface area contributed by atoms with E-state index in [-0.39, 0.29) is 11.5 Å². The lowest BCUT2D eigenvalue weighted by Crippen LogP contribution is -2.37. The number of hydrogen-bond acceptors (Lipinski definition) is 3. The van der Waals surface area contributed by atoms with Crippen molar-refractivity contribution in [2.45, 2.75) is 52.6 Å². The van der Waals surface area contributed by atoms with Crippen LogP contribution in [-0.4, -0.2) is 20.8 Å². The highest BCUT2D eigenvalue weighted by Crippen LogP contribution is 2.39. The molecule has 1 rings (SSSR count). The molecule has 0 bridgehead atoms. The van der Waals surface area contributed by atoms with Crippen molar-refractivity contribution in [3.05, 3.63) is 0 Å². The Balaban J connectivity index is 2.75. The van der Waals surface area contributed by atoms with Crippen LogP contribution in [0.2, 0.25) is 0 Å². The highest BCUT2D eigenvalue weighted by Gasteiger charge is 2.36. The molecular weight excluding hydrogens is 212 g/mol. The Kier molecular flexibility index (Phi) is 3.82. The van der Waals surface area contributed by atoms with Gasteiger partial charge in [0, 0.05) is 0 Å². The molecule has 15 heavy (non-hydrogen) atoms. The topological polar surface area (TPSA) is 43.4 Å². The molecule has 2 unspecified atom stereocenters. The van der Waals surface area contributed by atoms with Gasteiger partial charge in [-0.15, -0.1) is 0 Å². The van der Waals surface area contributed by atoms with Gasteiger partial charge in [0.1, 0.15) is 0 Å². The van der Waals surface area contributed by atoms with Crippen molar-refractivity contribution in [3.8, 4) is 0 Å². The zero-order chi connectivity index (χ0) is 11.7. The summed E-state index contributed by atoms with van der Waals surface area (Å²) in [7, 11) is -3.32. The maximum atomic E-state index is 11.1. The van der Waals surface area contributed by atoms with Gasteiger partial charge in [0.2, 0.25) is 0 Å². The predicted octanol–water partition coefficient (Wildman–Crippen LogP) is 2.57. The van der Waals surface area contributed by atoms with Gasteiger partial charge in [0.05, 0.1) is 12.4 Å². The average molecular weight is 234 g/mol. The summed E-state index contributed by atoms with van der Waals surface area (Å²) in [6.45, 7) is 6.46. The minimum absolute atomic E-state index is 0.117. The molecule has 4 heteroatoms. The molecule has 2 atom stereocenters. The smallest absolute Gasteiger partial charge is 0.264 e. The molecule has 0 spiro atoms. The van der Waals surface area contributed by atoms with Crippen LogP contribution in [0.1, 0.15) is 46.5 Å². The van der Waals surface area contributed by atoms with Gasteiger partial charge in [-0.25, -0.2) is 0 Å². The number of hydrogen-bond donors (Lipinski definition) is 0. The van der Waals surface area contributed by atoms with Gasteiger partial charge in [-0.1, -0.05) is 33.6 Å². The monoisotopic (exact) mass is 234 g/mol. The Labute approximate surface area is 93.3 Å². The molecule has 0 radical (unpaired) electrons. The molecule has 0 amide bonds. The highest BCUT2D eigenvalue weighted by molar-refractivity contribution is 7.86. The first-order valence-corrected chi connectivity index (χ1v) is 7.40. The SMILES string of the molecule is CC(C)(C)C1CCCCC1OS(C)(=O)=O. The fraction of sp³-hybridized carbons (Fsp3) is 1.00. The second-order valence-corrected chi connectivity index (χ2v) is 7.20. The maximum Gasteiger partial charge on any atom is 0.264 e. The second-order valence-electron chi connectivity index (χ2n) is 5.60. The summed E-state index contributed by atoms with van der Waals surface area (Å²) in [5, 5.41) is 0. The van der Waals surface area contributed by atoms with Gasteiger partial charge >= 0.3 is 0 Å². The molecule has 3 nitrogen and oxygen atoms in total. The van der Waals surface area contributed by atoms with Crippen LogP contribution in [0.5, 0.6) is 0 Å². The van der Waals surface area contributed by atoms with E-state index in [1.807, 2.05) is 0 Å². The fourth-order valence-electron chi connectivity index (χ4n) is 2.43. The van der Waals surface area contributed by atoms with Crippen LogP contribution in [0.15, 0.2) is 0 Å². The third kappa shape index (κ3) is 4.11. The van der Waals surface area contributed by atoms with Crippen LogP contribution in [0.4, 0.5) is 0 Å². The van der Waals surface area contributed by atoms with Crippen molar-refractivity contribution in [3.63, 3.8) is 0 Å². The quantitative estimate of drug-likeness (QED) is 0.690. The first-order valence-electron chi connectivity index (χ1n) is 5.58. The molecule has 0 aromatic carbocycles. The Hall–Kier alpha value is -0.0900. The van der Waals surface area contributed by atoms with Crippen molar-refractivity contribution in [2.75, 3.05) is 6.26 Å². The summed E-state index contributed by atoms with van der Waals surface area (Å²) in [5.74, 6) is 0.348. The molecule has 0 aromatic heterocycles. The van der Waals surface area contributed by atoms with Crippen molar-refractivity contribution in [1.29, 1.82) is 0 Å². The van der Waals surface area contributed by atoms with Crippen LogP contribution < -0.4 is 0 Å². The standard InChI is InChI=1S/C11H22O3S/c1-11(2,3)9-7-5-6-8-10(9)14-15(4,12)13/h9-10H,5-8H2,1-4H3. The zero-order valence-electron chi connectivity index (χ0n) is 10.1. The van der Waals surface area contributed by atoms with Gasteiger partial charge in [-0.3, -0.25) is 4.18 Å². The lowest BCUT2D eigenvalue weighted by atomic mass is 9.71. The fourth-order valence-corrected chi connectivity index (χ4v) is 3.11. The van der Waals surface area contributed by atoms with Crippen LogP contribution >= 0.6 is 0 Å². The number of rotatable bonds is 2. The summed E-state index contributed by atoms with van der Waals surface area (Å²) >= 11 is 0. The largest absolute Gasteiger partial charge is 0.267 e. The van der Waals surface area contributed by atoms with E-state index in [2.05, 4.69) is 20.8 Å². The minimum atomic E-state index is -3.32.